The molecule has 2 aromatic rings. The molecule has 0 radical (unpaired) electrons. The molecule has 1 atom stereocenters. The van der Waals surface area contributed by atoms with Crippen molar-refractivity contribution in [1.82, 2.24) is 5.32 Å². The molecule has 0 saturated heterocycles. The molecule has 0 bridgehead atoms. The van der Waals surface area contributed by atoms with Crippen molar-refractivity contribution in [3.63, 3.8) is 0 Å². The number of carbonyl (C=O) groups is 1. The molecule has 0 aromatic heterocycles. The first-order valence-electron chi connectivity index (χ1n) is 9.45. The van der Waals surface area contributed by atoms with Crippen LogP contribution in [0.1, 0.15) is 58.2 Å². The molecule has 1 aliphatic heterocycles. The van der Waals surface area contributed by atoms with E-state index in [1.165, 1.54) is 5.56 Å². The molecule has 0 aliphatic carbocycles. The number of carbonyl (C=O) groups excluding carboxylic acids is 1. The summed E-state index contributed by atoms with van der Waals surface area (Å²) >= 11 is 0. The van der Waals surface area contributed by atoms with Gasteiger partial charge in [0, 0.05) is 12.0 Å². The first-order valence-corrected chi connectivity index (χ1v) is 9.45. The van der Waals surface area contributed by atoms with E-state index in [-0.39, 0.29) is 29.6 Å². The summed E-state index contributed by atoms with van der Waals surface area (Å²) in [7, 11) is 0. The fraction of sp³-hybridized carbons (Fsp3) is 0.435. The Morgan fingerprint density at radius 2 is 1.81 bits per heavy atom. The number of benzene rings is 2. The average Bonchev–Trinajstić information content (AvgIpc) is 2.58. The fourth-order valence-corrected chi connectivity index (χ4v) is 3.37. The summed E-state index contributed by atoms with van der Waals surface area (Å²) in [5, 5.41) is 3.09. The lowest BCUT2D eigenvalue weighted by Crippen LogP contribution is -2.42. The first kappa shape index (κ1) is 19.3. The second-order valence-corrected chi connectivity index (χ2v) is 8.79. The SMILES string of the molecule is CC1(C)CC(NC(=O)COc2ccc(C(C)(C)C)cc2)c2ccccc2O1. The number of amides is 1. The van der Waals surface area contributed by atoms with Crippen molar-refractivity contribution < 1.29 is 14.3 Å². The minimum Gasteiger partial charge on any atom is -0.487 e. The monoisotopic (exact) mass is 367 g/mol. The zero-order valence-electron chi connectivity index (χ0n) is 16.8. The lowest BCUT2D eigenvalue weighted by atomic mass is 9.87. The van der Waals surface area contributed by atoms with E-state index in [1.807, 2.05) is 62.4 Å². The normalized spacial score (nSPS) is 18.2. The molecule has 3 rings (SSSR count). The second kappa shape index (κ2) is 7.26. The number of hydrogen-bond acceptors (Lipinski definition) is 3. The summed E-state index contributed by atoms with van der Waals surface area (Å²) in [6.45, 7) is 10.6. The summed E-state index contributed by atoms with van der Waals surface area (Å²) in [5.41, 5.74) is 2.02. The standard InChI is InChI=1S/C23H29NO3/c1-22(2,3)16-10-12-17(13-11-16)26-15-21(25)24-19-14-23(4,5)27-20-9-7-6-8-18(19)20/h6-13,19H,14-15H2,1-5H3,(H,24,25). The molecule has 4 heteroatoms. The van der Waals surface area contributed by atoms with Gasteiger partial charge in [-0.2, -0.15) is 0 Å². The van der Waals surface area contributed by atoms with E-state index in [0.29, 0.717) is 5.75 Å². The number of para-hydroxylation sites is 1. The van der Waals surface area contributed by atoms with Crippen molar-refractivity contribution in [2.45, 2.75) is 58.1 Å². The minimum absolute atomic E-state index is 0.00514. The van der Waals surface area contributed by atoms with Crippen LogP contribution in [0.2, 0.25) is 0 Å². The van der Waals surface area contributed by atoms with E-state index in [0.717, 1.165) is 17.7 Å². The van der Waals surface area contributed by atoms with Crippen molar-refractivity contribution in [3.8, 4) is 11.5 Å². The third-order valence-electron chi connectivity index (χ3n) is 4.80. The van der Waals surface area contributed by atoms with Gasteiger partial charge in [0.15, 0.2) is 6.61 Å². The predicted octanol–water partition coefficient (Wildman–Crippen LogP) is 4.78. The maximum absolute atomic E-state index is 12.5. The summed E-state index contributed by atoms with van der Waals surface area (Å²) in [5.74, 6) is 1.40. The van der Waals surface area contributed by atoms with Gasteiger partial charge in [0.2, 0.25) is 0 Å². The number of rotatable bonds is 4. The van der Waals surface area contributed by atoms with Crippen LogP contribution in [-0.4, -0.2) is 18.1 Å². The van der Waals surface area contributed by atoms with Gasteiger partial charge in [0.05, 0.1) is 6.04 Å². The van der Waals surface area contributed by atoms with Gasteiger partial charge >= 0.3 is 0 Å². The van der Waals surface area contributed by atoms with Crippen molar-refractivity contribution >= 4 is 5.91 Å². The minimum atomic E-state index is -0.323. The van der Waals surface area contributed by atoms with Gasteiger partial charge in [-0.3, -0.25) is 4.79 Å². The van der Waals surface area contributed by atoms with Gasteiger partial charge < -0.3 is 14.8 Å². The Morgan fingerprint density at radius 1 is 1.15 bits per heavy atom. The smallest absolute Gasteiger partial charge is 0.258 e. The van der Waals surface area contributed by atoms with Gasteiger partial charge in [-0.15, -0.1) is 0 Å². The first-order chi connectivity index (χ1) is 12.6. The van der Waals surface area contributed by atoms with Crippen LogP contribution in [0.25, 0.3) is 0 Å². The van der Waals surface area contributed by atoms with E-state index in [4.69, 9.17) is 9.47 Å². The summed E-state index contributed by atoms with van der Waals surface area (Å²) < 4.78 is 11.7. The molecule has 4 nitrogen and oxygen atoms in total. The highest BCUT2D eigenvalue weighted by Gasteiger charge is 2.34. The molecule has 0 saturated carbocycles. The Kier molecular flexibility index (Phi) is 5.18. The van der Waals surface area contributed by atoms with E-state index < -0.39 is 0 Å². The van der Waals surface area contributed by atoms with Crippen LogP contribution in [0.3, 0.4) is 0 Å². The van der Waals surface area contributed by atoms with E-state index in [1.54, 1.807) is 0 Å². The lowest BCUT2D eigenvalue weighted by Gasteiger charge is -2.37. The van der Waals surface area contributed by atoms with Crippen LogP contribution in [0, 0.1) is 0 Å². The molecule has 0 fully saturated rings. The van der Waals surface area contributed by atoms with E-state index in [9.17, 15) is 4.79 Å². The van der Waals surface area contributed by atoms with Gasteiger partial charge in [-0.05, 0) is 43.0 Å². The molecule has 1 heterocycles. The van der Waals surface area contributed by atoms with Gasteiger partial charge in [-0.25, -0.2) is 0 Å². The molecule has 2 aromatic carbocycles. The third kappa shape index (κ3) is 4.82. The molecule has 1 N–H and O–H groups in total. The van der Waals surface area contributed by atoms with Gasteiger partial charge in [-0.1, -0.05) is 51.1 Å². The zero-order chi connectivity index (χ0) is 19.7. The van der Waals surface area contributed by atoms with Gasteiger partial charge in [0.25, 0.3) is 5.91 Å². The predicted molar refractivity (Wildman–Crippen MR) is 107 cm³/mol. The van der Waals surface area contributed by atoms with Crippen molar-refractivity contribution in [1.29, 1.82) is 0 Å². The number of nitrogens with one attached hydrogen (secondary N) is 1. The Hall–Kier alpha value is -2.49. The van der Waals surface area contributed by atoms with Crippen LogP contribution in [0.5, 0.6) is 11.5 Å². The average molecular weight is 367 g/mol. The number of hydrogen-bond donors (Lipinski definition) is 1. The number of ether oxygens (including phenoxy) is 2. The van der Waals surface area contributed by atoms with E-state index in [2.05, 4.69) is 26.1 Å². The van der Waals surface area contributed by atoms with Crippen LogP contribution < -0.4 is 14.8 Å². The Balaban J connectivity index is 1.61. The second-order valence-electron chi connectivity index (χ2n) is 8.79. The Bertz CT molecular complexity index is 803. The topological polar surface area (TPSA) is 47.6 Å². The zero-order valence-corrected chi connectivity index (χ0v) is 16.8. The van der Waals surface area contributed by atoms with Crippen LogP contribution in [0.4, 0.5) is 0 Å². The van der Waals surface area contributed by atoms with Crippen LogP contribution in [0.15, 0.2) is 48.5 Å². The summed E-state index contributed by atoms with van der Waals surface area (Å²) in [6, 6.07) is 15.7. The Morgan fingerprint density at radius 3 is 2.48 bits per heavy atom. The summed E-state index contributed by atoms with van der Waals surface area (Å²) in [4.78, 5) is 12.5. The third-order valence-corrected chi connectivity index (χ3v) is 4.80. The molecule has 0 spiro atoms. The van der Waals surface area contributed by atoms with Crippen LogP contribution >= 0.6 is 0 Å². The molecular weight excluding hydrogens is 338 g/mol. The highest BCUT2D eigenvalue weighted by molar-refractivity contribution is 5.78. The summed E-state index contributed by atoms with van der Waals surface area (Å²) in [6.07, 6.45) is 0.718. The number of fused-ring (bicyclic) bond motifs is 1. The van der Waals surface area contributed by atoms with Crippen molar-refractivity contribution in [2.75, 3.05) is 6.61 Å². The maximum Gasteiger partial charge on any atom is 0.258 e. The molecule has 144 valence electrons. The van der Waals surface area contributed by atoms with Gasteiger partial charge in [0.1, 0.15) is 17.1 Å². The molecule has 1 aliphatic rings. The molecule has 1 unspecified atom stereocenters. The Labute approximate surface area is 161 Å². The highest BCUT2D eigenvalue weighted by Crippen LogP contribution is 2.39. The fourth-order valence-electron chi connectivity index (χ4n) is 3.37. The molecule has 27 heavy (non-hydrogen) atoms. The van der Waals surface area contributed by atoms with Crippen LogP contribution in [-0.2, 0) is 10.2 Å². The lowest BCUT2D eigenvalue weighted by molar-refractivity contribution is -0.124. The van der Waals surface area contributed by atoms with E-state index >= 15 is 0 Å². The van der Waals surface area contributed by atoms with Crippen molar-refractivity contribution in [3.05, 3.63) is 59.7 Å². The maximum atomic E-state index is 12.5. The quantitative estimate of drug-likeness (QED) is 0.846. The molecule has 1 amide bonds. The van der Waals surface area contributed by atoms with Crippen molar-refractivity contribution in [2.24, 2.45) is 0 Å². The largest absolute Gasteiger partial charge is 0.487 e. The molecular formula is C23H29NO3. The highest BCUT2D eigenvalue weighted by atomic mass is 16.5.